The van der Waals surface area contributed by atoms with Crippen molar-refractivity contribution < 1.29 is 4.79 Å². The van der Waals surface area contributed by atoms with E-state index in [0.717, 1.165) is 32.5 Å². The second kappa shape index (κ2) is 4.89. The Morgan fingerprint density at radius 3 is 3.00 bits per heavy atom. The van der Waals surface area contributed by atoms with Gasteiger partial charge in [-0.2, -0.15) is 0 Å². The normalized spacial score (nSPS) is 30.6. The topological polar surface area (TPSA) is 32.3 Å². The number of hydrogen-bond acceptors (Lipinski definition) is 3. The Bertz CT molecular complexity index is 199. The molecule has 1 atom stereocenters. The van der Waals surface area contributed by atoms with Gasteiger partial charge in [-0.1, -0.05) is 6.42 Å². The zero-order valence-corrected chi connectivity index (χ0v) is 8.80. The molecule has 80 valence electrons. The van der Waals surface area contributed by atoms with Crippen molar-refractivity contribution in [3.8, 4) is 0 Å². The zero-order valence-electron chi connectivity index (χ0n) is 8.80. The van der Waals surface area contributed by atoms with Gasteiger partial charge >= 0.3 is 0 Å². The molecular weight excluding hydrogens is 176 g/mol. The van der Waals surface area contributed by atoms with E-state index in [1.807, 2.05) is 0 Å². The fourth-order valence-corrected chi connectivity index (χ4v) is 2.45. The van der Waals surface area contributed by atoms with E-state index in [9.17, 15) is 4.79 Å². The number of piperidine rings is 2. The Morgan fingerprint density at radius 1 is 1.36 bits per heavy atom. The van der Waals surface area contributed by atoms with Gasteiger partial charge in [0, 0.05) is 19.0 Å². The molecule has 0 bridgehead atoms. The largest absolute Gasteiger partial charge is 0.313 e. The Hall–Kier alpha value is -0.410. The summed E-state index contributed by atoms with van der Waals surface area (Å²) in [4.78, 5) is 13.6. The molecule has 1 unspecified atom stereocenters. The second-order valence-electron chi connectivity index (χ2n) is 4.52. The van der Waals surface area contributed by atoms with Crippen molar-refractivity contribution >= 4 is 5.78 Å². The van der Waals surface area contributed by atoms with Crippen LogP contribution in [0.15, 0.2) is 0 Å². The van der Waals surface area contributed by atoms with Crippen LogP contribution in [0.1, 0.15) is 32.1 Å². The Morgan fingerprint density at radius 2 is 2.29 bits per heavy atom. The molecule has 2 aliphatic rings. The number of nitrogens with zero attached hydrogens (tertiary/aromatic N) is 1. The number of carbonyl (C=O) groups excluding carboxylic acids is 1. The minimum Gasteiger partial charge on any atom is -0.313 e. The van der Waals surface area contributed by atoms with Crippen molar-refractivity contribution in [1.82, 2.24) is 10.2 Å². The van der Waals surface area contributed by atoms with Crippen LogP contribution in [0.25, 0.3) is 0 Å². The second-order valence-corrected chi connectivity index (χ2v) is 4.52. The molecule has 14 heavy (non-hydrogen) atoms. The molecular formula is C11H20N2O. The van der Waals surface area contributed by atoms with Gasteiger partial charge in [-0.25, -0.2) is 0 Å². The fourth-order valence-electron chi connectivity index (χ4n) is 2.45. The van der Waals surface area contributed by atoms with Crippen molar-refractivity contribution in [2.75, 3.05) is 26.2 Å². The molecule has 0 aliphatic carbocycles. The average Bonchev–Trinajstić information content (AvgIpc) is 2.19. The maximum atomic E-state index is 11.3. The molecule has 0 aromatic rings. The standard InChI is InChI=1S/C11H20N2O/c14-11-5-3-7-13(9-11)8-10-4-1-2-6-12-10/h10,12H,1-9H2. The molecule has 2 saturated heterocycles. The van der Waals surface area contributed by atoms with E-state index in [-0.39, 0.29) is 0 Å². The highest BCUT2D eigenvalue weighted by molar-refractivity contribution is 5.81. The lowest BCUT2D eigenvalue weighted by molar-refractivity contribution is -0.122. The summed E-state index contributed by atoms with van der Waals surface area (Å²) >= 11 is 0. The number of hydrogen-bond donors (Lipinski definition) is 1. The van der Waals surface area contributed by atoms with Crippen LogP contribution in [0.4, 0.5) is 0 Å². The molecule has 2 aliphatic heterocycles. The van der Waals surface area contributed by atoms with E-state index in [4.69, 9.17) is 0 Å². The van der Waals surface area contributed by atoms with Crippen LogP contribution in [0.2, 0.25) is 0 Å². The lowest BCUT2D eigenvalue weighted by Crippen LogP contribution is -2.46. The Kier molecular flexibility index (Phi) is 3.54. The molecule has 1 N–H and O–H groups in total. The number of Topliss-reactive ketones (excluding diaryl/α,β-unsaturated/α-hetero) is 1. The number of ketones is 1. The summed E-state index contributed by atoms with van der Waals surface area (Å²) in [5, 5.41) is 3.53. The van der Waals surface area contributed by atoms with Gasteiger partial charge in [0.15, 0.2) is 0 Å². The van der Waals surface area contributed by atoms with Gasteiger partial charge < -0.3 is 5.32 Å². The predicted octanol–water partition coefficient (Wildman–Crippen LogP) is 0.793. The molecule has 0 amide bonds. The maximum absolute atomic E-state index is 11.3. The van der Waals surface area contributed by atoms with Crippen molar-refractivity contribution in [1.29, 1.82) is 0 Å². The van der Waals surface area contributed by atoms with Gasteiger partial charge in [0.2, 0.25) is 0 Å². The van der Waals surface area contributed by atoms with Crippen LogP contribution in [0.3, 0.4) is 0 Å². The van der Waals surface area contributed by atoms with Gasteiger partial charge in [0.1, 0.15) is 5.78 Å². The van der Waals surface area contributed by atoms with Crippen molar-refractivity contribution in [3.05, 3.63) is 0 Å². The summed E-state index contributed by atoms with van der Waals surface area (Å²) < 4.78 is 0. The van der Waals surface area contributed by atoms with Crippen LogP contribution in [-0.2, 0) is 4.79 Å². The quantitative estimate of drug-likeness (QED) is 0.709. The first-order valence-electron chi connectivity index (χ1n) is 5.82. The SMILES string of the molecule is O=C1CCCN(CC2CCCCN2)C1. The van der Waals surface area contributed by atoms with Gasteiger partial charge in [-0.3, -0.25) is 9.69 Å². The monoisotopic (exact) mass is 196 g/mol. The van der Waals surface area contributed by atoms with Gasteiger partial charge in [-0.05, 0) is 32.4 Å². The first-order chi connectivity index (χ1) is 6.84. The highest BCUT2D eigenvalue weighted by Crippen LogP contribution is 2.11. The zero-order chi connectivity index (χ0) is 9.80. The van der Waals surface area contributed by atoms with Crippen LogP contribution >= 0.6 is 0 Å². The van der Waals surface area contributed by atoms with Crippen molar-refractivity contribution in [3.63, 3.8) is 0 Å². The number of carbonyl (C=O) groups is 1. The number of nitrogens with one attached hydrogen (secondary N) is 1. The maximum Gasteiger partial charge on any atom is 0.146 e. The summed E-state index contributed by atoms with van der Waals surface area (Å²) in [6, 6.07) is 0.634. The van der Waals surface area contributed by atoms with Crippen LogP contribution < -0.4 is 5.32 Å². The predicted molar refractivity (Wildman–Crippen MR) is 56.3 cm³/mol. The van der Waals surface area contributed by atoms with E-state index in [1.54, 1.807) is 0 Å². The van der Waals surface area contributed by atoms with E-state index in [1.165, 1.54) is 19.3 Å². The van der Waals surface area contributed by atoms with Gasteiger partial charge in [-0.15, -0.1) is 0 Å². The van der Waals surface area contributed by atoms with Gasteiger partial charge in [0.05, 0.1) is 6.54 Å². The molecule has 0 aromatic heterocycles. The lowest BCUT2D eigenvalue weighted by Gasteiger charge is -2.32. The highest BCUT2D eigenvalue weighted by Gasteiger charge is 2.21. The van der Waals surface area contributed by atoms with E-state index >= 15 is 0 Å². The highest BCUT2D eigenvalue weighted by atomic mass is 16.1. The molecule has 0 saturated carbocycles. The molecule has 0 spiro atoms. The van der Waals surface area contributed by atoms with Crippen molar-refractivity contribution in [2.45, 2.75) is 38.1 Å². The molecule has 2 rings (SSSR count). The number of likely N-dealkylation sites (tertiary alicyclic amines) is 1. The van der Waals surface area contributed by atoms with E-state index in [0.29, 0.717) is 18.4 Å². The summed E-state index contributed by atoms with van der Waals surface area (Å²) in [5.41, 5.74) is 0. The molecule has 3 heteroatoms. The minimum atomic E-state index is 0.423. The molecule has 2 fully saturated rings. The van der Waals surface area contributed by atoms with Crippen LogP contribution in [0.5, 0.6) is 0 Å². The van der Waals surface area contributed by atoms with Crippen LogP contribution in [0, 0.1) is 0 Å². The summed E-state index contributed by atoms with van der Waals surface area (Å²) in [6.07, 6.45) is 5.81. The average molecular weight is 196 g/mol. The molecule has 0 aromatic carbocycles. The number of rotatable bonds is 2. The Balaban J connectivity index is 1.75. The summed E-state index contributed by atoms with van der Waals surface area (Å²) in [6.45, 7) is 4.04. The van der Waals surface area contributed by atoms with Crippen LogP contribution in [-0.4, -0.2) is 42.9 Å². The summed E-state index contributed by atoms with van der Waals surface area (Å²) in [5.74, 6) is 0.423. The van der Waals surface area contributed by atoms with E-state index < -0.39 is 0 Å². The first-order valence-corrected chi connectivity index (χ1v) is 5.82. The fraction of sp³-hybridized carbons (Fsp3) is 0.909. The van der Waals surface area contributed by atoms with E-state index in [2.05, 4.69) is 10.2 Å². The third-order valence-corrected chi connectivity index (χ3v) is 3.22. The Labute approximate surface area is 85.8 Å². The third-order valence-electron chi connectivity index (χ3n) is 3.22. The van der Waals surface area contributed by atoms with Gasteiger partial charge in [0.25, 0.3) is 0 Å². The van der Waals surface area contributed by atoms with Crippen molar-refractivity contribution in [2.24, 2.45) is 0 Å². The summed E-state index contributed by atoms with van der Waals surface area (Å²) in [7, 11) is 0. The third kappa shape index (κ3) is 2.79. The first kappa shape index (κ1) is 10.1. The molecule has 2 heterocycles. The molecule has 0 radical (unpaired) electrons. The minimum absolute atomic E-state index is 0.423. The molecule has 3 nitrogen and oxygen atoms in total. The smallest absolute Gasteiger partial charge is 0.146 e. The lowest BCUT2D eigenvalue weighted by atomic mass is 10.0.